The van der Waals surface area contributed by atoms with Crippen molar-refractivity contribution in [3.8, 4) is 17.0 Å². The molecule has 1 unspecified atom stereocenters. The van der Waals surface area contributed by atoms with Crippen molar-refractivity contribution in [2.45, 2.75) is 19.3 Å². The molecule has 3 heterocycles. The predicted octanol–water partition coefficient (Wildman–Crippen LogP) is 3.83. The third-order valence-electron chi connectivity index (χ3n) is 4.56. The van der Waals surface area contributed by atoms with Crippen LogP contribution in [0.2, 0.25) is 0 Å². The van der Waals surface area contributed by atoms with Gasteiger partial charge in [-0.1, -0.05) is 25.1 Å². The van der Waals surface area contributed by atoms with Crippen LogP contribution >= 0.6 is 0 Å². The Morgan fingerprint density at radius 3 is 2.96 bits per heavy atom. The molecule has 1 aromatic carbocycles. The molecule has 0 spiro atoms. The molecule has 0 radical (unpaired) electrons. The molecule has 0 bridgehead atoms. The second-order valence-corrected chi connectivity index (χ2v) is 6.37. The first-order chi connectivity index (χ1) is 12.7. The molecule has 5 nitrogen and oxygen atoms in total. The van der Waals surface area contributed by atoms with Crippen molar-refractivity contribution < 1.29 is 9.13 Å². The number of para-hydroxylation sites is 1. The molecule has 0 fully saturated rings. The number of hydrogen-bond acceptors (Lipinski definition) is 5. The second-order valence-electron chi connectivity index (χ2n) is 6.37. The number of nitrogens with zero attached hydrogens (tertiary/aromatic N) is 3. The van der Waals surface area contributed by atoms with Gasteiger partial charge in [-0.25, -0.2) is 15.0 Å². The number of pyridine rings is 1. The van der Waals surface area contributed by atoms with E-state index in [9.17, 15) is 4.39 Å². The maximum absolute atomic E-state index is 13.0. The number of rotatable bonds is 5. The smallest absolute Gasteiger partial charge is 0.212 e. The average molecular weight is 350 g/mol. The van der Waals surface area contributed by atoms with E-state index in [2.05, 4.69) is 45.4 Å². The molecule has 3 aromatic rings. The minimum absolute atomic E-state index is 0.272. The van der Waals surface area contributed by atoms with Gasteiger partial charge >= 0.3 is 0 Å². The SMILES string of the molecule is CC(CNc1cc(-c2ccc(F)nc2)ncn1)c1cccc2c1OCC2. The van der Waals surface area contributed by atoms with Crippen molar-refractivity contribution >= 4 is 5.82 Å². The summed E-state index contributed by atoms with van der Waals surface area (Å²) in [7, 11) is 0. The molecule has 1 aliphatic heterocycles. The third kappa shape index (κ3) is 3.35. The van der Waals surface area contributed by atoms with Gasteiger partial charge in [-0.2, -0.15) is 4.39 Å². The van der Waals surface area contributed by atoms with Crippen LogP contribution in [0.4, 0.5) is 10.2 Å². The summed E-state index contributed by atoms with van der Waals surface area (Å²) >= 11 is 0. The minimum atomic E-state index is -0.507. The van der Waals surface area contributed by atoms with Crippen LogP contribution in [0, 0.1) is 5.95 Å². The summed E-state index contributed by atoms with van der Waals surface area (Å²) < 4.78 is 18.8. The fourth-order valence-corrected chi connectivity index (χ4v) is 3.14. The first-order valence-corrected chi connectivity index (χ1v) is 8.63. The average Bonchev–Trinajstić information content (AvgIpc) is 3.16. The fourth-order valence-electron chi connectivity index (χ4n) is 3.14. The Hall–Kier alpha value is -3.02. The maximum Gasteiger partial charge on any atom is 0.212 e. The van der Waals surface area contributed by atoms with E-state index < -0.39 is 5.95 Å². The highest BCUT2D eigenvalue weighted by Gasteiger charge is 2.19. The lowest BCUT2D eigenvalue weighted by Gasteiger charge is -2.16. The fraction of sp³-hybridized carbons (Fsp3) is 0.250. The summed E-state index contributed by atoms with van der Waals surface area (Å²) in [6.45, 7) is 3.64. The normalized spacial score (nSPS) is 13.8. The van der Waals surface area contributed by atoms with Gasteiger partial charge in [0.05, 0.1) is 12.3 Å². The van der Waals surface area contributed by atoms with Crippen LogP contribution in [0.1, 0.15) is 24.0 Å². The quantitative estimate of drug-likeness (QED) is 0.709. The standard InChI is InChI=1S/C20H19FN4O/c1-13(16-4-2-3-14-7-8-26-20(14)16)10-23-19-9-17(24-12-25-19)15-5-6-18(21)22-11-15/h2-6,9,11-13H,7-8,10H2,1H3,(H,23,24,25). The van der Waals surface area contributed by atoms with E-state index in [1.165, 1.54) is 29.7 Å². The van der Waals surface area contributed by atoms with Crippen LogP contribution in [0.15, 0.2) is 48.9 Å². The van der Waals surface area contributed by atoms with E-state index in [-0.39, 0.29) is 5.92 Å². The van der Waals surface area contributed by atoms with Crippen molar-refractivity contribution in [2.24, 2.45) is 0 Å². The highest BCUT2D eigenvalue weighted by Crippen LogP contribution is 2.34. The Morgan fingerprint density at radius 1 is 1.19 bits per heavy atom. The lowest BCUT2D eigenvalue weighted by atomic mass is 9.97. The number of ether oxygens (including phenoxy) is 1. The summed E-state index contributed by atoms with van der Waals surface area (Å²) in [6, 6.07) is 11.1. The molecule has 26 heavy (non-hydrogen) atoms. The maximum atomic E-state index is 13.0. The van der Waals surface area contributed by atoms with E-state index in [4.69, 9.17) is 4.74 Å². The van der Waals surface area contributed by atoms with Crippen LogP contribution in [0.25, 0.3) is 11.3 Å². The van der Waals surface area contributed by atoms with Gasteiger partial charge in [0.2, 0.25) is 5.95 Å². The molecule has 0 aliphatic carbocycles. The van der Waals surface area contributed by atoms with Gasteiger partial charge in [0.15, 0.2) is 0 Å². The second kappa shape index (κ2) is 7.07. The molecular formula is C20H19FN4O. The number of anilines is 1. The first-order valence-electron chi connectivity index (χ1n) is 8.63. The van der Waals surface area contributed by atoms with Gasteiger partial charge in [-0.3, -0.25) is 0 Å². The molecular weight excluding hydrogens is 331 g/mol. The largest absolute Gasteiger partial charge is 0.493 e. The molecule has 0 amide bonds. The summed E-state index contributed by atoms with van der Waals surface area (Å²) in [5, 5.41) is 3.35. The van der Waals surface area contributed by atoms with E-state index in [0.29, 0.717) is 5.69 Å². The number of benzene rings is 1. The number of nitrogens with one attached hydrogen (secondary N) is 1. The highest BCUT2D eigenvalue weighted by atomic mass is 19.1. The predicted molar refractivity (Wildman–Crippen MR) is 97.8 cm³/mol. The Morgan fingerprint density at radius 2 is 2.12 bits per heavy atom. The van der Waals surface area contributed by atoms with Gasteiger partial charge in [-0.05, 0) is 23.3 Å². The first kappa shape index (κ1) is 16.4. The van der Waals surface area contributed by atoms with E-state index in [0.717, 1.165) is 36.7 Å². The Kier molecular flexibility index (Phi) is 4.48. The van der Waals surface area contributed by atoms with Crippen molar-refractivity contribution in [2.75, 3.05) is 18.5 Å². The Labute approximate surface area is 151 Å². The molecule has 132 valence electrons. The monoisotopic (exact) mass is 350 g/mol. The number of fused-ring (bicyclic) bond motifs is 1. The van der Waals surface area contributed by atoms with Crippen LogP contribution in [-0.2, 0) is 6.42 Å². The van der Waals surface area contributed by atoms with E-state index in [1.807, 2.05) is 6.07 Å². The zero-order valence-corrected chi connectivity index (χ0v) is 14.4. The molecule has 6 heteroatoms. The van der Waals surface area contributed by atoms with Gasteiger partial charge in [-0.15, -0.1) is 0 Å². The van der Waals surface area contributed by atoms with E-state index in [1.54, 1.807) is 6.07 Å². The van der Waals surface area contributed by atoms with Crippen LogP contribution < -0.4 is 10.1 Å². The number of aromatic nitrogens is 3. The Balaban J connectivity index is 1.47. The van der Waals surface area contributed by atoms with Gasteiger partial charge < -0.3 is 10.1 Å². The third-order valence-corrected chi connectivity index (χ3v) is 4.56. The summed E-state index contributed by atoms with van der Waals surface area (Å²) in [5.41, 5.74) is 3.94. The molecule has 1 N–H and O–H groups in total. The minimum Gasteiger partial charge on any atom is -0.493 e. The summed E-state index contributed by atoms with van der Waals surface area (Å²) in [4.78, 5) is 12.2. The van der Waals surface area contributed by atoms with Crippen molar-refractivity contribution in [3.05, 3.63) is 66.0 Å². The van der Waals surface area contributed by atoms with Crippen LogP contribution in [0.3, 0.4) is 0 Å². The van der Waals surface area contributed by atoms with Crippen LogP contribution in [0.5, 0.6) is 5.75 Å². The van der Waals surface area contributed by atoms with Crippen molar-refractivity contribution in [1.82, 2.24) is 15.0 Å². The highest BCUT2D eigenvalue weighted by molar-refractivity contribution is 5.61. The zero-order valence-electron chi connectivity index (χ0n) is 14.4. The molecule has 1 atom stereocenters. The molecule has 2 aromatic heterocycles. The van der Waals surface area contributed by atoms with Gasteiger partial charge in [0.25, 0.3) is 0 Å². The zero-order chi connectivity index (χ0) is 17.9. The number of halogens is 1. The van der Waals surface area contributed by atoms with Crippen molar-refractivity contribution in [1.29, 1.82) is 0 Å². The topological polar surface area (TPSA) is 59.9 Å². The summed E-state index contributed by atoms with van der Waals surface area (Å²) in [5.74, 6) is 1.52. The van der Waals surface area contributed by atoms with Gasteiger partial charge in [0.1, 0.15) is 17.9 Å². The molecule has 1 aliphatic rings. The summed E-state index contributed by atoms with van der Waals surface area (Å²) in [6.07, 6.45) is 3.94. The number of hydrogen-bond donors (Lipinski definition) is 1. The van der Waals surface area contributed by atoms with Crippen LogP contribution in [-0.4, -0.2) is 28.1 Å². The lowest BCUT2D eigenvalue weighted by molar-refractivity contribution is 0.352. The van der Waals surface area contributed by atoms with Gasteiger partial charge in [0, 0.05) is 36.7 Å². The Bertz CT molecular complexity index is 914. The van der Waals surface area contributed by atoms with Crippen molar-refractivity contribution in [3.63, 3.8) is 0 Å². The molecule has 0 saturated carbocycles. The lowest BCUT2D eigenvalue weighted by Crippen LogP contribution is -2.12. The van der Waals surface area contributed by atoms with E-state index >= 15 is 0 Å². The molecule has 0 saturated heterocycles. The molecule has 4 rings (SSSR count).